The van der Waals surface area contributed by atoms with Gasteiger partial charge in [-0.2, -0.15) is 0 Å². The highest BCUT2D eigenvalue weighted by molar-refractivity contribution is 5.92. The number of aryl methyl sites for hydroxylation is 1. The monoisotopic (exact) mass is 276 g/mol. The Morgan fingerprint density at radius 1 is 1.30 bits per heavy atom. The Morgan fingerprint density at radius 2 is 2.10 bits per heavy atom. The van der Waals surface area contributed by atoms with Crippen LogP contribution in [0.25, 0.3) is 0 Å². The summed E-state index contributed by atoms with van der Waals surface area (Å²) >= 11 is 0. The van der Waals surface area contributed by atoms with Gasteiger partial charge in [0.05, 0.1) is 6.54 Å². The molecule has 5 heteroatoms. The topological polar surface area (TPSA) is 78.4 Å². The molecular weight excluding hydrogens is 256 g/mol. The molecule has 1 aliphatic rings. The molecule has 5 nitrogen and oxygen atoms in total. The van der Waals surface area contributed by atoms with Crippen molar-refractivity contribution in [1.82, 2.24) is 5.32 Å². The molecule has 0 aromatic heterocycles. The molecular formula is C15H20N2O3. The van der Waals surface area contributed by atoms with Gasteiger partial charge in [0.15, 0.2) is 0 Å². The van der Waals surface area contributed by atoms with E-state index in [0.717, 1.165) is 18.0 Å². The number of carbonyl (C=O) groups excluding carboxylic acids is 1. The fraction of sp³-hybridized carbons (Fsp3) is 0.467. The number of nitrogens with one attached hydrogen (secondary N) is 2. The summed E-state index contributed by atoms with van der Waals surface area (Å²) in [4.78, 5) is 22.3. The van der Waals surface area contributed by atoms with Gasteiger partial charge in [-0.05, 0) is 49.4 Å². The van der Waals surface area contributed by atoms with Gasteiger partial charge in [0.2, 0.25) is 5.91 Å². The van der Waals surface area contributed by atoms with E-state index in [4.69, 9.17) is 5.11 Å². The Hall–Kier alpha value is -1.88. The van der Waals surface area contributed by atoms with Crippen LogP contribution in [0.4, 0.5) is 5.69 Å². The molecule has 1 fully saturated rings. The first kappa shape index (κ1) is 14.5. The van der Waals surface area contributed by atoms with Crippen molar-refractivity contribution >= 4 is 17.6 Å². The lowest BCUT2D eigenvalue weighted by Gasteiger charge is -2.08. The minimum atomic E-state index is -0.816. The summed E-state index contributed by atoms with van der Waals surface area (Å²) in [5, 5.41) is 14.6. The zero-order chi connectivity index (χ0) is 14.4. The minimum absolute atomic E-state index is 0.0685. The molecule has 1 aromatic rings. The molecule has 0 aliphatic heterocycles. The first-order valence-corrected chi connectivity index (χ1v) is 6.95. The minimum Gasteiger partial charge on any atom is -0.481 e. The van der Waals surface area contributed by atoms with Crippen molar-refractivity contribution in [2.24, 2.45) is 5.92 Å². The molecule has 1 amide bonds. The number of anilines is 1. The predicted molar refractivity (Wildman–Crippen MR) is 76.6 cm³/mol. The molecule has 0 heterocycles. The lowest BCUT2D eigenvalue weighted by Crippen LogP contribution is -2.29. The van der Waals surface area contributed by atoms with Gasteiger partial charge >= 0.3 is 5.97 Å². The third-order valence-electron chi connectivity index (χ3n) is 3.25. The van der Waals surface area contributed by atoms with Crippen molar-refractivity contribution in [1.29, 1.82) is 0 Å². The van der Waals surface area contributed by atoms with Gasteiger partial charge in [0.25, 0.3) is 0 Å². The summed E-state index contributed by atoms with van der Waals surface area (Å²) < 4.78 is 0. The van der Waals surface area contributed by atoms with E-state index >= 15 is 0 Å². The molecule has 20 heavy (non-hydrogen) atoms. The van der Waals surface area contributed by atoms with Crippen LogP contribution in [0.15, 0.2) is 24.3 Å². The molecule has 1 aromatic carbocycles. The highest BCUT2D eigenvalue weighted by atomic mass is 16.4. The third-order valence-corrected chi connectivity index (χ3v) is 3.25. The second kappa shape index (κ2) is 7.05. The van der Waals surface area contributed by atoms with Crippen molar-refractivity contribution in [3.63, 3.8) is 0 Å². The van der Waals surface area contributed by atoms with Gasteiger partial charge in [-0.1, -0.05) is 12.1 Å². The smallest absolute Gasteiger partial charge is 0.303 e. The normalized spacial score (nSPS) is 14.0. The second-order valence-corrected chi connectivity index (χ2v) is 5.22. The molecule has 0 atom stereocenters. The highest BCUT2D eigenvalue weighted by Gasteiger charge is 2.20. The molecule has 0 spiro atoms. The van der Waals surface area contributed by atoms with Gasteiger partial charge < -0.3 is 15.7 Å². The molecule has 0 bridgehead atoms. The van der Waals surface area contributed by atoms with E-state index in [9.17, 15) is 9.59 Å². The number of carboxylic acid groups (broad SMARTS) is 1. The molecule has 108 valence electrons. The Kier molecular flexibility index (Phi) is 5.12. The van der Waals surface area contributed by atoms with E-state index in [1.54, 1.807) is 0 Å². The number of hydrogen-bond acceptors (Lipinski definition) is 3. The predicted octanol–water partition coefficient (Wildman–Crippen LogP) is 1.64. The maximum absolute atomic E-state index is 11.7. The van der Waals surface area contributed by atoms with Crippen molar-refractivity contribution in [2.75, 3.05) is 18.4 Å². The number of benzene rings is 1. The fourth-order valence-corrected chi connectivity index (χ4v) is 1.97. The van der Waals surface area contributed by atoms with Gasteiger partial charge in [0.1, 0.15) is 0 Å². The molecule has 0 radical (unpaired) electrons. The fourth-order valence-electron chi connectivity index (χ4n) is 1.97. The molecule has 3 N–H and O–H groups in total. The zero-order valence-electron chi connectivity index (χ0n) is 11.4. The largest absolute Gasteiger partial charge is 0.481 e. The SMILES string of the molecule is O=C(O)CCc1cccc(NC(=O)CNCC2CC2)c1. The maximum Gasteiger partial charge on any atom is 0.303 e. The summed E-state index contributed by atoms with van der Waals surface area (Å²) in [7, 11) is 0. The molecule has 1 saturated carbocycles. The molecule has 1 aliphatic carbocycles. The van der Waals surface area contributed by atoms with Crippen molar-refractivity contribution in [2.45, 2.75) is 25.7 Å². The van der Waals surface area contributed by atoms with Gasteiger partial charge in [0, 0.05) is 12.1 Å². The van der Waals surface area contributed by atoms with Crippen LogP contribution in [0.2, 0.25) is 0 Å². The van der Waals surface area contributed by atoms with Crippen LogP contribution in [-0.2, 0) is 16.0 Å². The second-order valence-electron chi connectivity index (χ2n) is 5.22. The Balaban J connectivity index is 1.76. The van der Waals surface area contributed by atoms with Crippen molar-refractivity contribution in [3.05, 3.63) is 29.8 Å². The highest BCUT2D eigenvalue weighted by Crippen LogP contribution is 2.27. The number of hydrogen-bond donors (Lipinski definition) is 3. The molecule has 2 rings (SSSR count). The Bertz CT molecular complexity index is 484. The van der Waals surface area contributed by atoms with E-state index in [0.29, 0.717) is 18.7 Å². The van der Waals surface area contributed by atoms with Crippen LogP contribution < -0.4 is 10.6 Å². The first-order chi connectivity index (χ1) is 9.63. The first-order valence-electron chi connectivity index (χ1n) is 6.95. The third kappa shape index (κ3) is 5.40. The summed E-state index contributed by atoms with van der Waals surface area (Å²) in [6.45, 7) is 1.22. The number of aliphatic carboxylic acids is 1. The Labute approximate surface area is 118 Å². The van der Waals surface area contributed by atoms with E-state index in [2.05, 4.69) is 10.6 Å². The van der Waals surface area contributed by atoms with Crippen LogP contribution in [0.1, 0.15) is 24.8 Å². The number of carboxylic acids is 1. The van der Waals surface area contributed by atoms with Crippen LogP contribution in [0.3, 0.4) is 0 Å². The van der Waals surface area contributed by atoms with E-state index in [1.165, 1.54) is 12.8 Å². The standard InChI is InChI=1S/C15H20N2O3/c18-14(10-16-9-12-4-5-12)17-13-3-1-2-11(8-13)6-7-15(19)20/h1-3,8,12,16H,4-7,9-10H2,(H,17,18)(H,19,20). The van der Waals surface area contributed by atoms with Crippen LogP contribution >= 0.6 is 0 Å². The number of rotatable bonds is 8. The number of amides is 1. The average molecular weight is 276 g/mol. The lowest BCUT2D eigenvalue weighted by atomic mass is 10.1. The van der Waals surface area contributed by atoms with Crippen molar-refractivity contribution in [3.8, 4) is 0 Å². The van der Waals surface area contributed by atoms with E-state index in [1.807, 2.05) is 24.3 Å². The lowest BCUT2D eigenvalue weighted by molar-refractivity contribution is -0.137. The zero-order valence-corrected chi connectivity index (χ0v) is 11.4. The summed E-state index contributed by atoms with van der Waals surface area (Å²) in [5.41, 5.74) is 1.63. The number of carbonyl (C=O) groups is 2. The van der Waals surface area contributed by atoms with E-state index in [-0.39, 0.29) is 12.3 Å². The summed E-state index contributed by atoms with van der Waals surface area (Å²) in [6.07, 6.45) is 3.10. The molecule has 0 unspecified atom stereocenters. The Morgan fingerprint density at radius 3 is 2.80 bits per heavy atom. The summed E-state index contributed by atoms with van der Waals surface area (Å²) in [6, 6.07) is 7.32. The van der Waals surface area contributed by atoms with Crippen LogP contribution in [-0.4, -0.2) is 30.1 Å². The molecule has 0 saturated heterocycles. The quantitative estimate of drug-likeness (QED) is 0.674. The van der Waals surface area contributed by atoms with E-state index < -0.39 is 5.97 Å². The van der Waals surface area contributed by atoms with Crippen molar-refractivity contribution < 1.29 is 14.7 Å². The average Bonchev–Trinajstić information content (AvgIpc) is 3.21. The van der Waals surface area contributed by atoms with Gasteiger partial charge in [-0.15, -0.1) is 0 Å². The summed E-state index contributed by atoms with van der Waals surface area (Å²) in [5.74, 6) is -0.133. The van der Waals surface area contributed by atoms with Gasteiger partial charge in [-0.3, -0.25) is 9.59 Å². The van der Waals surface area contributed by atoms with Gasteiger partial charge in [-0.25, -0.2) is 0 Å². The maximum atomic E-state index is 11.7. The van der Waals surface area contributed by atoms with Crippen LogP contribution in [0, 0.1) is 5.92 Å². The van der Waals surface area contributed by atoms with Crippen LogP contribution in [0.5, 0.6) is 0 Å².